The number of pyridine rings is 4. The smallest absolute Gasteiger partial charge is 0.255 e. The molecular formula is C64H48N6O4+4. The fourth-order valence-corrected chi connectivity index (χ4v) is 8.45. The van der Waals surface area contributed by atoms with E-state index in [0.717, 1.165) is 67.9 Å². The highest BCUT2D eigenvalue weighted by atomic mass is 16.5. The zero-order chi connectivity index (χ0) is 50.1. The first-order valence-electron chi connectivity index (χ1n) is 24.1. The molecule has 0 bridgehead atoms. The predicted octanol–water partition coefficient (Wildman–Crippen LogP) is 12.2. The number of para-hydroxylation sites is 2. The van der Waals surface area contributed by atoms with E-state index in [2.05, 4.69) is 68.3 Å². The number of benzene rings is 7. The van der Waals surface area contributed by atoms with E-state index in [1.165, 1.54) is 0 Å². The highest BCUT2D eigenvalue weighted by molar-refractivity contribution is 6.05. The molecule has 0 unspecified atom stereocenters. The van der Waals surface area contributed by atoms with Crippen LogP contribution in [0.2, 0.25) is 0 Å². The van der Waals surface area contributed by atoms with Gasteiger partial charge < -0.3 is 20.1 Å². The van der Waals surface area contributed by atoms with Gasteiger partial charge in [-0.3, -0.25) is 9.59 Å². The van der Waals surface area contributed by atoms with Crippen molar-refractivity contribution in [3.63, 3.8) is 0 Å². The van der Waals surface area contributed by atoms with Gasteiger partial charge in [0, 0.05) is 120 Å². The summed E-state index contributed by atoms with van der Waals surface area (Å²) in [7, 11) is 0. The Kier molecular flexibility index (Phi) is 13.3. The average Bonchev–Trinajstić information content (AvgIpc) is 3.47. The molecule has 0 saturated heterocycles. The number of anilines is 2. The second kappa shape index (κ2) is 21.4. The summed E-state index contributed by atoms with van der Waals surface area (Å²) in [5.41, 5.74) is 10.8. The van der Waals surface area contributed by atoms with Crippen molar-refractivity contribution in [2.75, 3.05) is 10.6 Å². The van der Waals surface area contributed by atoms with Gasteiger partial charge in [0.2, 0.25) is 22.7 Å². The van der Waals surface area contributed by atoms with Crippen LogP contribution in [0.5, 0.6) is 23.0 Å². The Morgan fingerprint density at radius 3 is 0.878 bits per heavy atom. The number of amides is 2. The van der Waals surface area contributed by atoms with Crippen LogP contribution in [0, 0.1) is 0 Å². The Morgan fingerprint density at radius 2 is 0.568 bits per heavy atom. The van der Waals surface area contributed by atoms with Crippen molar-refractivity contribution in [3.05, 3.63) is 291 Å². The third-order valence-electron chi connectivity index (χ3n) is 12.4. The molecule has 354 valence electrons. The predicted molar refractivity (Wildman–Crippen MR) is 285 cm³/mol. The molecule has 10 heteroatoms. The summed E-state index contributed by atoms with van der Waals surface area (Å²) < 4.78 is 20.5. The highest BCUT2D eigenvalue weighted by Crippen LogP contribution is 2.28. The van der Waals surface area contributed by atoms with Crippen molar-refractivity contribution in [3.8, 4) is 68.0 Å². The van der Waals surface area contributed by atoms with Gasteiger partial charge in [0.25, 0.3) is 11.8 Å². The molecule has 2 N–H and O–H groups in total. The summed E-state index contributed by atoms with van der Waals surface area (Å²) in [6.45, 7) is 0. The van der Waals surface area contributed by atoms with Crippen molar-refractivity contribution in [1.29, 1.82) is 0 Å². The zero-order valence-electron chi connectivity index (χ0n) is 40.0. The topological polar surface area (TPSA) is 92.2 Å². The van der Waals surface area contributed by atoms with E-state index in [4.69, 9.17) is 9.47 Å². The molecule has 4 heterocycles. The van der Waals surface area contributed by atoms with E-state index in [0.29, 0.717) is 22.6 Å². The van der Waals surface area contributed by atoms with Crippen LogP contribution in [-0.2, 0) is 0 Å². The zero-order valence-corrected chi connectivity index (χ0v) is 40.0. The number of hydrogen-bond acceptors (Lipinski definition) is 4. The van der Waals surface area contributed by atoms with Gasteiger partial charge in [0.05, 0.1) is 0 Å². The fourth-order valence-electron chi connectivity index (χ4n) is 8.45. The van der Waals surface area contributed by atoms with Gasteiger partial charge in [-0.1, -0.05) is 48.5 Å². The van der Waals surface area contributed by atoms with Crippen molar-refractivity contribution in [2.45, 2.75) is 0 Å². The van der Waals surface area contributed by atoms with Gasteiger partial charge in [0.15, 0.2) is 49.6 Å². The summed E-state index contributed by atoms with van der Waals surface area (Å²) in [6, 6.07) is 74.2. The molecule has 0 spiro atoms. The summed E-state index contributed by atoms with van der Waals surface area (Å²) >= 11 is 0. The van der Waals surface area contributed by atoms with Crippen LogP contribution < -0.4 is 38.4 Å². The molecule has 74 heavy (non-hydrogen) atoms. The second-order valence-electron chi connectivity index (χ2n) is 17.4. The molecule has 0 fully saturated rings. The lowest BCUT2D eigenvalue weighted by Gasteiger charge is -2.09. The minimum Gasteiger partial charge on any atom is -0.457 e. The number of carbonyl (C=O) groups excluding carboxylic acids is 2. The number of nitrogens with one attached hydrogen (secondary N) is 2. The second-order valence-corrected chi connectivity index (χ2v) is 17.4. The quantitative estimate of drug-likeness (QED) is 0.106. The molecule has 4 aromatic heterocycles. The minimum atomic E-state index is -0.153. The van der Waals surface area contributed by atoms with E-state index in [1.807, 2.05) is 241 Å². The maximum Gasteiger partial charge on any atom is 0.255 e. The number of rotatable bonds is 14. The lowest BCUT2D eigenvalue weighted by molar-refractivity contribution is -0.596. The first-order chi connectivity index (χ1) is 36.4. The van der Waals surface area contributed by atoms with Gasteiger partial charge in [-0.15, -0.1) is 0 Å². The van der Waals surface area contributed by atoms with Crippen molar-refractivity contribution in [2.24, 2.45) is 0 Å². The molecule has 10 nitrogen and oxygen atoms in total. The van der Waals surface area contributed by atoms with Gasteiger partial charge in [-0.05, 0) is 107 Å². The molecule has 0 atom stereocenters. The van der Waals surface area contributed by atoms with Crippen LogP contribution in [0.25, 0.3) is 45.0 Å². The molecule has 0 aliphatic rings. The molecule has 7 aromatic carbocycles. The van der Waals surface area contributed by atoms with Crippen LogP contribution in [0.3, 0.4) is 0 Å². The van der Waals surface area contributed by atoms with Gasteiger partial charge in [0.1, 0.15) is 23.0 Å². The molecule has 2 amide bonds. The summed E-state index contributed by atoms with van der Waals surface area (Å²) in [4.78, 5) is 25.8. The summed E-state index contributed by atoms with van der Waals surface area (Å²) in [5, 5.41) is 5.91. The van der Waals surface area contributed by atoms with Gasteiger partial charge >= 0.3 is 0 Å². The van der Waals surface area contributed by atoms with Crippen molar-refractivity contribution in [1.82, 2.24) is 0 Å². The molecule has 0 aliphatic heterocycles. The number of hydrogen-bond donors (Lipinski definition) is 2. The molecular weight excluding hydrogens is 917 g/mol. The van der Waals surface area contributed by atoms with E-state index >= 15 is 0 Å². The number of carbonyl (C=O) groups is 2. The third kappa shape index (κ3) is 11.0. The Labute approximate surface area is 428 Å². The monoisotopic (exact) mass is 964 g/mol. The normalized spacial score (nSPS) is 10.8. The van der Waals surface area contributed by atoms with Crippen LogP contribution in [0.4, 0.5) is 11.4 Å². The number of aromatic nitrogens is 4. The third-order valence-corrected chi connectivity index (χ3v) is 12.4. The van der Waals surface area contributed by atoms with E-state index in [9.17, 15) is 9.59 Å². The van der Waals surface area contributed by atoms with E-state index in [1.54, 1.807) is 0 Å². The van der Waals surface area contributed by atoms with E-state index in [-0.39, 0.29) is 11.8 Å². The lowest BCUT2D eigenvalue weighted by atomic mass is 10.1. The molecule has 11 aromatic rings. The maximum absolute atomic E-state index is 12.9. The van der Waals surface area contributed by atoms with Crippen molar-refractivity contribution < 1.29 is 37.3 Å². The Morgan fingerprint density at radius 1 is 0.284 bits per heavy atom. The van der Waals surface area contributed by atoms with Crippen LogP contribution >= 0.6 is 0 Å². The SMILES string of the molecule is O=C(Nc1ccccc1)c1cccc(-[n+]2ccc(-c3cc[n+](-c4ccc(Oc5ccc(Oc6ccc(-[n+]7ccc(-c8cc[n+](-c9cccc(C(=O)Nc%10ccccc%10)c9)cc8)cc7)cc6)cc5)cc4)cc3)cc2)c1. The van der Waals surface area contributed by atoms with Crippen molar-refractivity contribution >= 4 is 23.2 Å². The molecule has 0 saturated carbocycles. The Hall–Kier alpha value is -10.3. The van der Waals surface area contributed by atoms with Crippen LogP contribution in [-0.4, -0.2) is 11.8 Å². The average molecular weight is 965 g/mol. The fraction of sp³-hybridized carbons (Fsp3) is 0. The first-order valence-corrected chi connectivity index (χ1v) is 24.1. The summed E-state index contributed by atoms with van der Waals surface area (Å²) in [6.07, 6.45) is 16.2. The number of nitrogens with zero attached hydrogens (tertiary/aromatic N) is 4. The van der Waals surface area contributed by atoms with Gasteiger partial charge in [-0.2, -0.15) is 18.3 Å². The highest BCUT2D eigenvalue weighted by Gasteiger charge is 2.16. The largest absolute Gasteiger partial charge is 0.457 e. The summed E-state index contributed by atoms with van der Waals surface area (Å²) in [5.74, 6) is 2.55. The maximum atomic E-state index is 12.9. The van der Waals surface area contributed by atoms with Gasteiger partial charge in [-0.25, -0.2) is 0 Å². The Bertz CT molecular complexity index is 3440. The standard InChI is InChI=1S/C64H46N6O4/c71-63(65-53-11-3-1-4-12-53)51-9-7-15-57(45-51)69-41-33-49(34-42-69)47-29-37-67(38-30-47)55-17-21-59(22-18-55)73-61-25-27-62(28-26-61)74-60-23-19-56(20-24-60)68-39-31-48(32-40-68)50-35-43-70(44-36-50)58-16-8-10-52(46-58)64(72)66-54-13-5-2-6-14-54/h1-46H/q+2/p+2. The number of ether oxygens (including phenoxy) is 2. The Balaban J connectivity index is 0.654. The molecule has 11 rings (SSSR count). The minimum absolute atomic E-state index is 0.153. The lowest BCUT2D eigenvalue weighted by Crippen LogP contribution is -2.30. The molecule has 0 aliphatic carbocycles. The van der Waals surface area contributed by atoms with Crippen LogP contribution in [0.15, 0.2) is 280 Å². The molecule has 0 radical (unpaired) electrons. The van der Waals surface area contributed by atoms with E-state index < -0.39 is 0 Å². The first kappa shape index (κ1) is 46.1. The van der Waals surface area contributed by atoms with Crippen LogP contribution in [0.1, 0.15) is 20.7 Å².